The van der Waals surface area contributed by atoms with Gasteiger partial charge in [0.2, 0.25) is 5.91 Å². The van der Waals surface area contributed by atoms with Crippen molar-refractivity contribution in [2.75, 3.05) is 18.6 Å². The predicted molar refractivity (Wildman–Crippen MR) is 163 cm³/mol. The lowest BCUT2D eigenvalue weighted by atomic mass is 10.0. The zero-order chi connectivity index (χ0) is 27.3. The van der Waals surface area contributed by atoms with Crippen molar-refractivity contribution in [3.8, 4) is 5.75 Å². The van der Waals surface area contributed by atoms with E-state index >= 15 is 0 Å². The number of carbonyl (C=O) groups is 1. The number of methoxy groups -OCH3 is 1. The summed E-state index contributed by atoms with van der Waals surface area (Å²) in [5.41, 5.74) is 3.06. The number of hydrogen-bond acceptors (Lipinski definition) is 3. The number of aryl methyl sites for hydroxylation is 1. The number of aromatic nitrogens is 2. The van der Waals surface area contributed by atoms with Gasteiger partial charge in [0.05, 0.1) is 23.8 Å². The Balaban J connectivity index is 1.24. The zero-order valence-corrected chi connectivity index (χ0v) is 24.4. The van der Waals surface area contributed by atoms with Gasteiger partial charge in [0, 0.05) is 25.4 Å². The Morgan fingerprint density at radius 2 is 1.38 bits per heavy atom. The molecule has 0 saturated carbocycles. The number of imidazole rings is 1. The summed E-state index contributed by atoms with van der Waals surface area (Å²) in [5, 5.41) is 0. The van der Waals surface area contributed by atoms with E-state index in [2.05, 4.69) is 35.8 Å². The first kappa shape index (κ1) is 29.2. The minimum absolute atomic E-state index is 0.0847. The number of hydrogen-bond donors (Lipinski definition) is 0. The molecule has 2 aromatic carbocycles. The van der Waals surface area contributed by atoms with Crippen molar-refractivity contribution < 1.29 is 9.53 Å². The molecule has 0 N–H and O–H groups in total. The molecule has 1 aromatic heterocycles. The highest BCUT2D eigenvalue weighted by molar-refractivity contribution is 5.97. The molecular weight excluding hydrogens is 482 g/mol. The second kappa shape index (κ2) is 15.7. The van der Waals surface area contributed by atoms with Crippen LogP contribution in [0.2, 0.25) is 0 Å². The molecule has 212 valence electrons. The number of unbranched alkanes of at least 4 members (excludes halogenated alkanes) is 13. The minimum Gasteiger partial charge on any atom is -0.495 e. The fourth-order valence-corrected chi connectivity index (χ4v) is 6.07. The summed E-state index contributed by atoms with van der Waals surface area (Å²) in [4.78, 5) is 20.0. The number of carbonyl (C=O) groups excluding carboxylic acids is 1. The van der Waals surface area contributed by atoms with E-state index in [-0.39, 0.29) is 11.8 Å². The molecule has 39 heavy (non-hydrogen) atoms. The monoisotopic (exact) mass is 531 g/mol. The molecule has 1 atom stereocenters. The van der Waals surface area contributed by atoms with E-state index in [4.69, 9.17) is 9.72 Å². The Morgan fingerprint density at radius 1 is 0.795 bits per heavy atom. The van der Waals surface area contributed by atoms with Gasteiger partial charge in [-0.05, 0) is 30.7 Å². The normalized spacial score (nSPS) is 15.5. The molecule has 4 rings (SSSR count). The summed E-state index contributed by atoms with van der Waals surface area (Å²) in [6.07, 6.45) is 19.6. The van der Waals surface area contributed by atoms with Gasteiger partial charge in [0.1, 0.15) is 11.6 Å². The highest BCUT2D eigenvalue weighted by Crippen LogP contribution is 2.37. The van der Waals surface area contributed by atoms with Crippen molar-refractivity contribution in [2.45, 2.75) is 116 Å². The molecule has 1 fully saturated rings. The second-order valence-corrected chi connectivity index (χ2v) is 11.3. The molecule has 2 heterocycles. The second-order valence-electron chi connectivity index (χ2n) is 11.3. The van der Waals surface area contributed by atoms with Crippen LogP contribution in [0.3, 0.4) is 0 Å². The van der Waals surface area contributed by atoms with Gasteiger partial charge in [-0.25, -0.2) is 4.98 Å². The van der Waals surface area contributed by atoms with Crippen molar-refractivity contribution in [3.63, 3.8) is 0 Å². The van der Waals surface area contributed by atoms with E-state index in [1.165, 1.54) is 89.0 Å². The van der Waals surface area contributed by atoms with E-state index in [9.17, 15) is 4.79 Å². The van der Waals surface area contributed by atoms with Gasteiger partial charge in [0.15, 0.2) is 0 Å². The number of para-hydroxylation sites is 4. The molecule has 1 aliphatic rings. The Kier molecular flexibility index (Phi) is 11.7. The van der Waals surface area contributed by atoms with Crippen LogP contribution in [0.1, 0.15) is 115 Å². The molecule has 5 nitrogen and oxygen atoms in total. The summed E-state index contributed by atoms with van der Waals surface area (Å²) >= 11 is 0. The maximum absolute atomic E-state index is 13.1. The van der Waals surface area contributed by atoms with E-state index in [0.29, 0.717) is 13.0 Å². The number of ether oxygens (including phenoxy) is 1. The van der Waals surface area contributed by atoms with Crippen LogP contribution in [0.4, 0.5) is 5.69 Å². The molecular formula is C34H49N3O2. The highest BCUT2D eigenvalue weighted by Gasteiger charge is 2.35. The van der Waals surface area contributed by atoms with Crippen LogP contribution in [-0.2, 0) is 11.3 Å². The standard InChI is InChI=1S/C34H49N3O2/c1-3-4-5-6-7-8-9-10-11-12-13-14-15-20-25-36-30-22-17-16-21-29(30)35-34(36)28-26-33(38)37(27-28)31-23-18-19-24-32(31)39-2/h16-19,21-24,28H,3-15,20,25-27H2,1-2H3. The number of benzene rings is 2. The van der Waals surface area contributed by atoms with Crippen molar-refractivity contribution in [3.05, 3.63) is 54.4 Å². The number of anilines is 1. The Bertz CT molecular complexity index is 1150. The Labute approximate surface area is 236 Å². The molecule has 0 bridgehead atoms. The topological polar surface area (TPSA) is 47.4 Å². The van der Waals surface area contributed by atoms with Gasteiger partial charge in [0.25, 0.3) is 0 Å². The van der Waals surface area contributed by atoms with Crippen molar-refractivity contribution in [1.29, 1.82) is 0 Å². The first-order chi connectivity index (χ1) is 19.2. The van der Waals surface area contributed by atoms with Crippen LogP contribution in [0.15, 0.2) is 48.5 Å². The molecule has 1 aliphatic heterocycles. The van der Waals surface area contributed by atoms with Gasteiger partial charge in [-0.2, -0.15) is 0 Å². The van der Waals surface area contributed by atoms with Crippen LogP contribution < -0.4 is 9.64 Å². The molecule has 1 amide bonds. The SMILES string of the molecule is CCCCCCCCCCCCCCCCn1c(C2CC(=O)N(c3ccccc3OC)C2)nc2ccccc21. The highest BCUT2D eigenvalue weighted by atomic mass is 16.5. The lowest BCUT2D eigenvalue weighted by Gasteiger charge is -2.19. The van der Waals surface area contributed by atoms with Crippen LogP contribution in [0, 0.1) is 0 Å². The summed E-state index contributed by atoms with van der Waals surface area (Å²) in [6, 6.07) is 16.2. The third-order valence-corrected chi connectivity index (χ3v) is 8.29. The third kappa shape index (κ3) is 8.09. The van der Waals surface area contributed by atoms with Crippen LogP contribution >= 0.6 is 0 Å². The van der Waals surface area contributed by atoms with Gasteiger partial charge in [-0.1, -0.05) is 115 Å². The number of fused-ring (bicyclic) bond motifs is 1. The fourth-order valence-electron chi connectivity index (χ4n) is 6.07. The lowest BCUT2D eigenvalue weighted by Crippen LogP contribution is -2.25. The molecule has 5 heteroatoms. The predicted octanol–water partition coefficient (Wildman–Crippen LogP) is 9.05. The lowest BCUT2D eigenvalue weighted by molar-refractivity contribution is -0.117. The number of nitrogens with zero attached hydrogens (tertiary/aromatic N) is 3. The first-order valence-corrected chi connectivity index (χ1v) is 15.6. The Morgan fingerprint density at radius 3 is 2.05 bits per heavy atom. The summed E-state index contributed by atoms with van der Waals surface area (Å²) in [5.74, 6) is 2.01. The van der Waals surface area contributed by atoms with Gasteiger partial charge >= 0.3 is 0 Å². The van der Waals surface area contributed by atoms with E-state index in [1.54, 1.807) is 7.11 Å². The molecule has 3 aromatic rings. The summed E-state index contributed by atoms with van der Waals surface area (Å²) in [7, 11) is 1.66. The van der Waals surface area contributed by atoms with Gasteiger partial charge in [-0.15, -0.1) is 0 Å². The van der Waals surface area contributed by atoms with E-state index in [1.807, 2.05) is 29.2 Å². The maximum Gasteiger partial charge on any atom is 0.227 e. The van der Waals surface area contributed by atoms with Gasteiger partial charge in [-0.3, -0.25) is 4.79 Å². The third-order valence-electron chi connectivity index (χ3n) is 8.29. The van der Waals surface area contributed by atoms with Crippen LogP contribution in [-0.4, -0.2) is 29.1 Å². The molecule has 1 saturated heterocycles. The van der Waals surface area contributed by atoms with Crippen molar-refractivity contribution in [1.82, 2.24) is 9.55 Å². The summed E-state index contributed by atoms with van der Waals surface area (Å²) in [6.45, 7) is 3.89. The number of amides is 1. The quantitative estimate of drug-likeness (QED) is 0.154. The molecule has 0 spiro atoms. The van der Waals surface area contributed by atoms with E-state index in [0.717, 1.165) is 35.7 Å². The average molecular weight is 532 g/mol. The number of rotatable bonds is 18. The largest absolute Gasteiger partial charge is 0.495 e. The first-order valence-electron chi connectivity index (χ1n) is 15.6. The zero-order valence-electron chi connectivity index (χ0n) is 24.4. The van der Waals surface area contributed by atoms with Crippen molar-refractivity contribution in [2.24, 2.45) is 0 Å². The minimum atomic E-state index is 0.0847. The fraction of sp³-hybridized carbons (Fsp3) is 0.588. The summed E-state index contributed by atoms with van der Waals surface area (Å²) < 4.78 is 7.93. The smallest absolute Gasteiger partial charge is 0.227 e. The molecule has 0 aliphatic carbocycles. The molecule has 0 radical (unpaired) electrons. The van der Waals surface area contributed by atoms with Crippen LogP contribution in [0.5, 0.6) is 5.75 Å². The van der Waals surface area contributed by atoms with Crippen molar-refractivity contribution >= 4 is 22.6 Å². The van der Waals surface area contributed by atoms with Gasteiger partial charge < -0.3 is 14.2 Å². The molecule has 1 unspecified atom stereocenters. The average Bonchev–Trinajstić information content (AvgIpc) is 3.53. The van der Waals surface area contributed by atoms with E-state index < -0.39 is 0 Å². The Hall–Kier alpha value is -2.82. The maximum atomic E-state index is 13.1. The van der Waals surface area contributed by atoms with Crippen LogP contribution in [0.25, 0.3) is 11.0 Å².